The summed E-state index contributed by atoms with van der Waals surface area (Å²) < 4.78 is 5.12. The smallest absolute Gasteiger partial charge is 0.227 e. The van der Waals surface area contributed by atoms with Crippen LogP contribution in [0, 0.1) is 0 Å². The lowest BCUT2D eigenvalue weighted by atomic mass is 10.2. The van der Waals surface area contributed by atoms with Gasteiger partial charge in [-0.1, -0.05) is 11.3 Å². The van der Waals surface area contributed by atoms with Crippen LogP contribution in [0.25, 0.3) is 0 Å². The maximum Gasteiger partial charge on any atom is 0.227 e. The molecule has 22 heavy (non-hydrogen) atoms. The molecule has 1 amide bonds. The van der Waals surface area contributed by atoms with Gasteiger partial charge in [0.15, 0.2) is 5.13 Å². The number of rotatable bonds is 3. The maximum absolute atomic E-state index is 11.1. The molecule has 3 rings (SSSR count). The van der Waals surface area contributed by atoms with Crippen LogP contribution in [-0.4, -0.2) is 34.5 Å². The third-order valence-electron chi connectivity index (χ3n) is 3.21. The number of ether oxygens (including phenoxy) is 1. The van der Waals surface area contributed by atoms with Crippen LogP contribution in [0.3, 0.4) is 0 Å². The molecule has 0 bridgehead atoms. The molecule has 0 fully saturated rings. The van der Waals surface area contributed by atoms with Crippen molar-refractivity contribution in [2.75, 3.05) is 23.9 Å². The molecule has 0 aliphatic carbocycles. The SMILES string of the molecule is COc1cc(N2CCc3nc(NC(C)=O)sc3C2)nc(Cl)n1. The Morgan fingerprint density at radius 2 is 2.27 bits per heavy atom. The predicted octanol–water partition coefficient (Wildman–Crippen LogP) is 2.12. The zero-order valence-electron chi connectivity index (χ0n) is 12.1. The second-order valence-electron chi connectivity index (χ2n) is 4.78. The van der Waals surface area contributed by atoms with E-state index in [4.69, 9.17) is 16.3 Å². The predicted molar refractivity (Wildman–Crippen MR) is 84.8 cm³/mol. The Labute approximate surface area is 136 Å². The van der Waals surface area contributed by atoms with Gasteiger partial charge in [-0.3, -0.25) is 4.79 Å². The standard InChI is InChI=1S/C13H14ClN5O2S/c1-7(20)15-13-16-8-3-4-19(6-9(8)22-13)10-5-11(21-2)18-12(14)17-10/h5H,3-4,6H2,1-2H3,(H,15,16,20). The van der Waals surface area contributed by atoms with Gasteiger partial charge in [-0.2, -0.15) is 4.98 Å². The highest BCUT2D eigenvalue weighted by Crippen LogP contribution is 2.31. The molecule has 9 heteroatoms. The van der Waals surface area contributed by atoms with Crippen molar-refractivity contribution in [1.29, 1.82) is 0 Å². The van der Waals surface area contributed by atoms with Gasteiger partial charge in [0.2, 0.25) is 17.1 Å². The number of nitrogens with one attached hydrogen (secondary N) is 1. The van der Waals surface area contributed by atoms with E-state index in [1.165, 1.54) is 18.3 Å². The summed E-state index contributed by atoms with van der Waals surface area (Å²) in [6, 6.07) is 1.76. The Hall–Kier alpha value is -1.93. The number of hydrogen-bond donors (Lipinski definition) is 1. The quantitative estimate of drug-likeness (QED) is 0.863. The summed E-state index contributed by atoms with van der Waals surface area (Å²) in [4.78, 5) is 27.0. The van der Waals surface area contributed by atoms with Crippen LogP contribution in [-0.2, 0) is 17.8 Å². The van der Waals surface area contributed by atoms with E-state index in [-0.39, 0.29) is 11.2 Å². The lowest BCUT2D eigenvalue weighted by Gasteiger charge is -2.27. The molecule has 116 valence electrons. The number of methoxy groups -OCH3 is 1. The summed E-state index contributed by atoms with van der Waals surface area (Å²) in [7, 11) is 1.54. The Morgan fingerprint density at radius 3 is 3.00 bits per heavy atom. The number of nitrogens with zero attached hydrogens (tertiary/aromatic N) is 4. The van der Waals surface area contributed by atoms with Crippen LogP contribution in [0.1, 0.15) is 17.5 Å². The molecular formula is C13H14ClN5O2S. The van der Waals surface area contributed by atoms with Crippen LogP contribution in [0.4, 0.5) is 10.9 Å². The summed E-state index contributed by atoms with van der Waals surface area (Å²) >= 11 is 7.41. The Kier molecular flexibility index (Phi) is 4.12. The number of aromatic nitrogens is 3. The summed E-state index contributed by atoms with van der Waals surface area (Å²) in [6.45, 7) is 2.91. The fourth-order valence-corrected chi connectivity index (χ4v) is 3.49. The van der Waals surface area contributed by atoms with E-state index < -0.39 is 0 Å². The number of hydrogen-bond acceptors (Lipinski definition) is 7. The molecule has 1 aliphatic heterocycles. The first-order chi connectivity index (χ1) is 10.5. The van der Waals surface area contributed by atoms with Crippen molar-refractivity contribution >= 4 is 39.8 Å². The number of carbonyl (C=O) groups excluding carboxylic acids is 1. The van der Waals surface area contributed by atoms with E-state index in [1.807, 2.05) is 0 Å². The van der Waals surface area contributed by atoms with E-state index in [2.05, 4.69) is 25.2 Å². The highest BCUT2D eigenvalue weighted by atomic mass is 35.5. The number of thiazole rings is 1. The lowest BCUT2D eigenvalue weighted by molar-refractivity contribution is -0.114. The van der Waals surface area contributed by atoms with Crippen molar-refractivity contribution in [3.05, 3.63) is 21.9 Å². The summed E-state index contributed by atoms with van der Waals surface area (Å²) in [5.41, 5.74) is 1.03. The zero-order chi connectivity index (χ0) is 15.7. The molecule has 0 saturated carbocycles. The molecule has 3 heterocycles. The number of anilines is 2. The summed E-state index contributed by atoms with van der Waals surface area (Å²) in [6.07, 6.45) is 0.787. The summed E-state index contributed by atoms with van der Waals surface area (Å²) in [5, 5.41) is 3.52. The lowest BCUT2D eigenvalue weighted by Crippen LogP contribution is -2.30. The second-order valence-corrected chi connectivity index (χ2v) is 6.20. The first-order valence-corrected chi connectivity index (χ1v) is 7.84. The average Bonchev–Trinajstić information content (AvgIpc) is 2.86. The van der Waals surface area contributed by atoms with Gasteiger partial charge in [0.1, 0.15) is 5.82 Å². The second kappa shape index (κ2) is 6.05. The van der Waals surface area contributed by atoms with Crippen molar-refractivity contribution in [1.82, 2.24) is 15.0 Å². The topological polar surface area (TPSA) is 80.2 Å². The first-order valence-electron chi connectivity index (χ1n) is 6.65. The van der Waals surface area contributed by atoms with Crippen molar-refractivity contribution in [3.63, 3.8) is 0 Å². The van der Waals surface area contributed by atoms with Crippen LogP contribution < -0.4 is 15.0 Å². The molecule has 0 saturated heterocycles. The molecule has 0 spiro atoms. The van der Waals surface area contributed by atoms with Gasteiger partial charge >= 0.3 is 0 Å². The molecule has 2 aromatic heterocycles. The molecule has 0 atom stereocenters. The van der Waals surface area contributed by atoms with Gasteiger partial charge in [-0.15, -0.1) is 0 Å². The van der Waals surface area contributed by atoms with Crippen molar-refractivity contribution < 1.29 is 9.53 Å². The number of amides is 1. The third-order valence-corrected chi connectivity index (χ3v) is 4.38. The molecule has 0 aromatic carbocycles. The minimum Gasteiger partial charge on any atom is -0.481 e. The average molecular weight is 340 g/mol. The van der Waals surface area contributed by atoms with E-state index >= 15 is 0 Å². The largest absolute Gasteiger partial charge is 0.481 e. The summed E-state index contributed by atoms with van der Waals surface area (Å²) in [5.74, 6) is 1.04. The molecular weight excluding hydrogens is 326 g/mol. The van der Waals surface area contributed by atoms with Gasteiger partial charge in [0.25, 0.3) is 0 Å². The molecule has 1 aliphatic rings. The van der Waals surface area contributed by atoms with Crippen LogP contribution in [0.2, 0.25) is 5.28 Å². The fourth-order valence-electron chi connectivity index (χ4n) is 2.25. The Balaban J connectivity index is 1.83. The molecule has 1 N–H and O–H groups in total. The van der Waals surface area contributed by atoms with Gasteiger partial charge in [0.05, 0.1) is 19.3 Å². The van der Waals surface area contributed by atoms with Gasteiger partial charge in [-0.05, 0) is 11.6 Å². The normalized spacial score (nSPS) is 13.7. The van der Waals surface area contributed by atoms with Gasteiger partial charge in [0, 0.05) is 30.8 Å². The van der Waals surface area contributed by atoms with Crippen molar-refractivity contribution in [2.45, 2.75) is 19.9 Å². The van der Waals surface area contributed by atoms with Crippen molar-refractivity contribution in [3.8, 4) is 5.88 Å². The van der Waals surface area contributed by atoms with E-state index in [9.17, 15) is 4.79 Å². The molecule has 0 radical (unpaired) electrons. The Bertz CT molecular complexity index is 720. The minimum absolute atomic E-state index is 0.115. The van der Waals surface area contributed by atoms with Gasteiger partial charge < -0.3 is 15.0 Å². The first kappa shape index (κ1) is 15.0. The number of halogens is 1. The van der Waals surface area contributed by atoms with Gasteiger partial charge in [-0.25, -0.2) is 9.97 Å². The number of fused-ring (bicyclic) bond motifs is 1. The minimum atomic E-state index is -0.115. The fraction of sp³-hybridized carbons (Fsp3) is 0.385. The van der Waals surface area contributed by atoms with E-state index in [0.717, 1.165) is 29.4 Å². The highest BCUT2D eigenvalue weighted by molar-refractivity contribution is 7.15. The van der Waals surface area contributed by atoms with Crippen LogP contribution in [0.15, 0.2) is 6.07 Å². The Morgan fingerprint density at radius 1 is 1.45 bits per heavy atom. The molecule has 7 nitrogen and oxygen atoms in total. The molecule has 2 aromatic rings. The zero-order valence-corrected chi connectivity index (χ0v) is 13.7. The van der Waals surface area contributed by atoms with E-state index in [0.29, 0.717) is 17.6 Å². The van der Waals surface area contributed by atoms with Crippen molar-refractivity contribution in [2.24, 2.45) is 0 Å². The van der Waals surface area contributed by atoms with E-state index in [1.54, 1.807) is 13.2 Å². The van der Waals surface area contributed by atoms with Crippen LogP contribution >= 0.6 is 22.9 Å². The number of carbonyl (C=O) groups is 1. The monoisotopic (exact) mass is 339 g/mol. The van der Waals surface area contributed by atoms with Crippen LogP contribution in [0.5, 0.6) is 5.88 Å². The maximum atomic E-state index is 11.1. The highest BCUT2D eigenvalue weighted by Gasteiger charge is 2.23. The molecule has 0 unspecified atom stereocenters. The third kappa shape index (κ3) is 3.12.